The minimum atomic E-state index is -1.39. The summed E-state index contributed by atoms with van der Waals surface area (Å²) in [5, 5.41) is 0. The topological polar surface area (TPSA) is 78.9 Å². The van der Waals surface area contributed by atoms with Gasteiger partial charge in [0.15, 0.2) is 5.41 Å². The van der Waals surface area contributed by atoms with Crippen LogP contribution in [0.15, 0.2) is 12.2 Å². The minimum absolute atomic E-state index is 0.0931. The summed E-state index contributed by atoms with van der Waals surface area (Å²) < 4.78 is 14.7. The Balaban J connectivity index is 2.99. The van der Waals surface area contributed by atoms with E-state index >= 15 is 0 Å². The van der Waals surface area contributed by atoms with E-state index in [4.69, 9.17) is 9.47 Å². The zero-order chi connectivity index (χ0) is 16.0. The third kappa shape index (κ3) is 3.62. The molecular weight excluding hydrogens is 276 g/mol. The number of hydrogen-bond donors (Lipinski definition) is 0. The normalized spacial score (nSPS) is 20.0. The summed E-state index contributed by atoms with van der Waals surface area (Å²) in [5.74, 6) is -1.91. The standard InChI is InChI=1S/C15H22O6/c1-5-20-13(17)15(14(18)21-6-2)8-10(3)11(9-15)7-12(16)19-4/h11H,3,5-9H2,1-2,4H3. The van der Waals surface area contributed by atoms with Crippen molar-refractivity contribution in [2.24, 2.45) is 11.3 Å². The maximum atomic E-state index is 12.2. The van der Waals surface area contributed by atoms with Gasteiger partial charge in [-0.1, -0.05) is 12.2 Å². The molecule has 118 valence electrons. The Kier molecular flexibility index (Phi) is 5.93. The summed E-state index contributed by atoms with van der Waals surface area (Å²) >= 11 is 0. The molecule has 0 aliphatic heterocycles. The Morgan fingerprint density at radius 2 is 1.71 bits per heavy atom. The number of esters is 3. The zero-order valence-electron chi connectivity index (χ0n) is 12.8. The van der Waals surface area contributed by atoms with Crippen molar-refractivity contribution in [3.8, 4) is 0 Å². The Hall–Kier alpha value is -1.85. The molecule has 6 heteroatoms. The van der Waals surface area contributed by atoms with Crippen LogP contribution in [0.4, 0.5) is 0 Å². The largest absolute Gasteiger partial charge is 0.469 e. The third-order valence-corrected chi connectivity index (χ3v) is 3.67. The number of carbonyl (C=O) groups excluding carboxylic acids is 3. The Bertz CT molecular complexity index is 421. The van der Waals surface area contributed by atoms with Crippen LogP contribution in [0.2, 0.25) is 0 Å². The molecule has 0 saturated heterocycles. The second-order valence-electron chi connectivity index (χ2n) is 5.04. The summed E-state index contributed by atoms with van der Waals surface area (Å²) in [6.45, 7) is 7.58. The van der Waals surface area contributed by atoms with E-state index in [-0.39, 0.29) is 38.4 Å². The lowest BCUT2D eigenvalue weighted by atomic mass is 9.84. The van der Waals surface area contributed by atoms with Crippen LogP contribution in [0, 0.1) is 11.3 Å². The van der Waals surface area contributed by atoms with Gasteiger partial charge in [0.2, 0.25) is 0 Å². The molecule has 1 fully saturated rings. The average Bonchev–Trinajstić information content (AvgIpc) is 2.77. The molecule has 0 heterocycles. The molecular formula is C15H22O6. The van der Waals surface area contributed by atoms with Gasteiger partial charge in [-0.2, -0.15) is 0 Å². The summed E-state index contributed by atoms with van der Waals surface area (Å²) in [7, 11) is 1.30. The number of ether oxygens (including phenoxy) is 3. The molecule has 6 nitrogen and oxygen atoms in total. The van der Waals surface area contributed by atoms with Crippen LogP contribution in [0.5, 0.6) is 0 Å². The number of allylic oxidation sites excluding steroid dienone is 1. The van der Waals surface area contributed by atoms with Gasteiger partial charge >= 0.3 is 17.9 Å². The van der Waals surface area contributed by atoms with E-state index in [1.165, 1.54) is 7.11 Å². The fourth-order valence-corrected chi connectivity index (χ4v) is 2.60. The van der Waals surface area contributed by atoms with Crippen molar-refractivity contribution < 1.29 is 28.6 Å². The second kappa shape index (κ2) is 7.24. The molecule has 1 atom stereocenters. The van der Waals surface area contributed by atoms with Crippen LogP contribution in [0.3, 0.4) is 0 Å². The molecule has 1 unspecified atom stereocenters. The lowest BCUT2D eigenvalue weighted by molar-refractivity contribution is -0.172. The van der Waals surface area contributed by atoms with Gasteiger partial charge in [-0.3, -0.25) is 14.4 Å². The monoisotopic (exact) mass is 298 g/mol. The maximum absolute atomic E-state index is 12.2. The maximum Gasteiger partial charge on any atom is 0.323 e. The quantitative estimate of drug-likeness (QED) is 0.321. The van der Waals surface area contributed by atoms with Crippen LogP contribution in [0.25, 0.3) is 0 Å². The highest BCUT2D eigenvalue weighted by molar-refractivity contribution is 6.01. The van der Waals surface area contributed by atoms with Crippen molar-refractivity contribution in [2.45, 2.75) is 33.1 Å². The molecule has 0 N–H and O–H groups in total. The third-order valence-electron chi connectivity index (χ3n) is 3.67. The molecule has 0 bridgehead atoms. The fourth-order valence-electron chi connectivity index (χ4n) is 2.60. The van der Waals surface area contributed by atoms with E-state index in [1.54, 1.807) is 13.8 Å². The molecule has 0 radical (unpaired) electrons. The number of methoxy groups -OCH3 is 1. The smallest absolute Gasteiger partial charge is 0.323 e. The molecule has 0 aromatic rings. The highest BCUT2D eigenvalue weighted by Crippen LogP contribution is 2.48. The van der Waals surface area contributed by atoms with E-state index in [0.29, 0.717) is 5.57 Å². The van der Waals surface area contributed by atoms with Crippen molar-refractivity contribution in [3.05, 3.63) is 12.2 Å². The number of hydrogen-bond acceptors (Lipinski definition) is 6. The molecule has 1 rings (SSSR count). The molecule has 21 heavy (non-hydrogen) atoms. The van der Waals surface area contributed by atoms with Crippen LogP contribution in [-0.2, 0) is 28.6 Å². The van der Waals surface area contributed by atoms with Crippen LogP contribution in [-0.4, -0.2) is 38.2 Å². The first-order valence-corrected chi connectivity index (χ1v) is 7.00. The first kappa shape index (κ1) is 17.2. The average molecular weight is 298 g/mol. The Morgan fingerprint density at radius 3 is 2.14 bits per heavy atom. The number of rotatable bonds is 6. The van der Waals surface area contributed by atoms with Gasteiger partial charge in [-0.15, -0.1) is 0 Å². The van der Waals surface area contributed by atoms with Crippen molar-refractivity contribution in [1.82, 2.24) is 0 Å². The summed E-state index contributed by atoms with van der Waals surface area (Å²) in [6, 6.07) is 0. The van der Waals surface area contributed by atoms with Gasteiger partial charge in [0, 0.05) is 0 Å². The zero-order valence-corrected chi connectivity index (χ0v) is 12.8. The van der Waals surface area contributed by atoms with Crippen molar-refractivity contribution in [3.63, 3.8) is 0 Å². The minimum Gasteiger partial charge on any atom is -0.469 e. The SMILES string of the molecule is C=C1CC(C(=O)OCC)(C(=O)OCC)CC1CC(=O)OC. The van der Waals surface area contributed by atoms with E-state index in [1.807, 2.05) is 0 Å². The lowest BCUT2D eigenvalue weighted by Gasteiger charge is -2.24. The predicted molar refractivity (Wildman–Crippen MR) is 74.2 cm³/mol. The lowest BCUT2D eigenvalue weighted by Crippen LogP contribution is -2.40. The van der Waals surface area contributed by atoms with Crippen LogP contribution in [0.1, 0.15) is 33.1 Å². The predicted octanol–water partition coefficient (Wildman–Crippen LogP) is 1.63. The van der Waals surface area contributed by atoms with E-state index in [2.05, 4.69) is 11.3 Å². The molecule has 0 amide bonds. The van der Waals surface area contributed by atoms with Crippen molar-refractivity contribution in [2.75, 3.05) is 20.3 Å². The van der Waals surface area contributed by atoms with E-state index < -0.39 is 23.3 Å². The Morgan fingerprint density at radius 1 is 1.19 bits per heavy atom. The fraction of sp³-hybridized carbons (Fsp3) is 0.667. The van der Waals surface area contributed by atoms with Crippen molar-refractivity contribution in [1.29, 1.82) is 0 Å². The molecule has 1 saturated carbocycles. The first-order valence-electron chi connectivity index (χ1n) is 7.00. The second-order valence-corrected chi connectivity index (χ2v) is 5.04. The molecule has 0 aromatic heterocycles. The van der Waals surface area contributed by atoms with Crippen LogP contribution >= 0.6 is 0 Å². The molecule has 1 aliphatic carbocycles. The highest BCUT2D eigenvalue weighted by atomic mass is 16.6. The van der Waals surface area contributed by atoms with Gasteiger partial charge in [-0.25, -0.2) is 0 Å². The molecule has 0 spiro atoms. The molecule has 1 aliphatic rings. The molecule has 0 aromatic carbocycles. The van der Waals surface area contributed by atoms with E-state index in [0.717, 1.165) is 0 Å². The number of carbonyl (C=O) groups is 3. The summed E-state index contributed by atoms with van der Waals surface area (Å²) in [6.07, 6.45) is 0.404. The van der Waals surface area contributed by atoms with Gasteiger partial charge < -0.3 is 14.2 Å². The highest BCUT2D eigenvalue weighted by Gasteiger charge is 2.55. The van der Waals surface area contributed by atoms with Crippen LogP contribution < -0.4 is 0 Å². The first-order chi connectivity index (χ1) is 9.91. The summed E-state index contributed by atoms with van der Waals surface area (Å²) in [5.41, 5.74) is -0.719. The van der Waals surface area contributed by atoms with Gasteiger partial charge in [0.05, 0.1) is 26.7 Å². The van der Waals surface area contributed by atoms with Gasteiger partial charge in [0.1, 0.15) is 0 Å². The summed E-state index contributed by atoms with van der Waals surface area (Å²) in [4.78, 5) is 35.9. The van der Waals surface area contributed by atoms with Gasteiger partial charge in [0.25, 0.3) is 0 Å². The van der Waals surface area contributed by atoms with E-state index in [9.17, 15) is 14.4 Å². The van der Waals surface area contributed by atoms with Gasteiger partial charge in [-0.05, 0) is 32.6 Å². The van der Waals surface area contributed by atoms with Crippen molar-refractivity contribution >= 4 is 17.9 Å². The Labute approximate surface area is 124 Å².